The Morgan fingerprint density at radius 2 is 1.21 bits per heavy atom. The number of hydrogen-bond acceptors (Lipinski definition) is 4. The molecule has 1 aromatic rings. The molecule has 2 aliphatic rings. The highest BCUT2D eigenvalue weighted by Crippen LogP contribution is 2.06. The number of esters is 2. The average molecular weight is 188 g/mol. The first-order valence-corrected chi connectivity index (χ1v) is 4.02. The molecule has 0 amide bonds. The van der Waals surface area contributed by atoms with Gasteiger partial charge in [0, 0.05) is 10.4 Å². The Kier molecular flexibility index (Phi) is 1.16. The molecule has 4 heteroatoms. The van der Waals surface area contributed by atoms with E-state index in [-0.39, 0.29) is 0 Å². The van der Waals surface area contributed by atoms with Crippen molar-refractivity contribution in [3.8, 4) is 0 Å². The van der Waals surface area contributed by atoms with Gasteiger partial charge in [0.1, 0.15) is 12.5 Å². The molecular formula is C10H4O4. The van der Waals surface area contributed by atoms with E-state index >= 15 is 0 Å². The van der Waals surface area contributed by atoms with Crippen LogP contribution in [0.1, 0.15) is 20.7 Å². The summed E-state index contributed by atoms with van der Waals surface area (Å²) in [5.41, 5.74) is 0.941. The van der Waals surface area contributed by atoms with Crippen LogP contribution in [0.2, 0.25) is 0 Å². The third-order valence-corrected chi connectivity index (χ3v) is 2.25. The second-order valence-electron chi connectivity index (χ2n) is 3.07. The third-order valence-electron chi connectivity index (χ3n) is 2.25. The van der Waals surface area contributed by atoms with Gasteiger partial charge in [-0.05, 0) is 12.1 Å². The molecule has 0 saturated carbocycles. The second-order valence-corrected chi connectivity index (χ2v) is 3.07. The van der Waals surface area contributed by atoms with Gasteiger partial charge in [0.2, 0.25) is 0 Å². The van der Waals surface area contributed by atoms with E-state index in [9.17, 15) is 9.59 Å². The molecule has 0 fully saturated rings. The van der Waals surface area contributed by atoms with Crippen LogP contribution in [0.4, 0.5) is 0 Å². The van der Waals surface area contributed by atoms with Gasteiger partial charge in [0.25, 0.3) is 0 Å². The minimum atomic E-state index is -0.393. The zero-order valence-electron chi connectivity index (χ0n) is 6.94. The van der Waals surface area contributed by atoms with Crippen molar-refractivity contribution in [2.75, 3.05) is 0 Å². The smallest absolute Gasteiger partial charge is 0.343 e. The highest BCUT2D eigenvalue weighted by molar-refractivity contribution is 5.98. The molecule has 0 saturated heterocycles. The molecule has 68 valence electrons. The predicted octanol–water partition coefficient (Wildman–Crippen LogP) is -0.497. The van der Waals surface area contributed by atoms with Crippen LogP contribution in [0.25, 0.3) is 12.5 Å². The minimum absolute atomic E-state index is 0.393. The molecule has 1 aromatic carbocycles. The van der Waals surface area contributed by atoms with Crippen molar-refractivity contribution < 1.29 is 19.1 Å². The Bertz CT molecular complexity index is 529. The van der Waals surface area contributed by atoms with Crippen LogP contribution in [-0.4, -0.2) is 11.9 Å². The Balaban J connectivity index is 2.41. The van der Waals surface area contributed by atoms with Crippen molar-refractivity contribution in [1.82, 2.24) is 0 Å². The summed E-state index contributed by atoms with van der Waals surface area (Å²) >= 11 is 0. The van der Waals surface area contributed by atoms with Crippen molar-refractivity contribution in [2.45, 2.75) is 0 Å². The molecule has 0 unspecified atom stereocenters. The van der Waals surface area contributed by atoms with E-state index in [4.69, 9.17) is 9.47 Å². The van der Waals surface area contributed by atoms with Gasteiger partial charge >= 0.3 is 11.9 Å². The number of carbonyl (C=O) groups is 2. The first-order chi connectivity index (χ1) is 6.75. The van der Waals surface area contributed by atoms with Gasteiger partial charge in [0.15, 0.2) is 0 Å². The van der Waals surface area contributed by atoms with Gasteiger partial charge in [-0.1, -0.05) is 0 Å². The zero-order chi connectivity index (χ0) is 9.71. The molecule has 0 atom stereocenters. The molecule has 4 nitrogen and oxygen atoms in total. The fourth-order valence-corrected chi connectivity index (χ4v) is 1.54. The number of fused-ring (bicyclic) bond motifs is 2. The quantitative estimate of drug-likeness (QED) is 0.515. The van der Waals surface area contributed by atoms with Gasteiger partial charge in [-0.15, -0.1) is 0 Å². The summed E-state index contributed by atoms with van der Waals surface area (Å²) in [6.45, 7) is 0. The predicted molar refractivity (Wildman–Crippen MR) is 45.5 cm³/mol. The molecule has 0 radical (unpaired) electrons. The first kappa shape index (κ1) is 7.32. The maximum absolute atomic E-state index is 11.2. The maximum atomic E-state index is 11.2. The fourth-order valence-electron chi connectivity index (χ4n) is 1.54. The molecule has 0 aromatic heterocycles. The van der Waals surface area contributed by atoms with E-state index in [1.165, 1.54) is 12.5 Å². The van der Waals surface area contributed by atoms with Gasteiger partial charge in [-0.3, -0.25) is 0 Å². The number of cyclic esters (lactones) is 2. The highest BCUT2D eigenvalue weighted by Gasteiger charge is 2.21. The van der Waals surface area contributed by atoms with E-state index in [2.05, 4.69) is 0 Å². The lowest BCUT2D eigenvalue weighted by Gasteiger charge is -1.92. The molecule has 2 aliphatic heterocycles. The highest BCUT2D eigenvalue weighted by atomic mass is 16.5. The summed E-state index contributed by atoms with van der Waals surface area (Å²) in [4.78, 5) is 22.3. The van der Waals surface area contributed by atoms with Crippen molar-refractivity contribution in [2.24, 2.45) is 0 Å². The first-order valence-electron chi connectivity index (χ1n) is 4.02. The lowest BCUT2D eigenvalue weighted by Crippen LogP contribution is -2.18. The normalized spacial score (nSPS) is 16.3. The van der Waals surface area contributed by atoms with E-state index < -0.39 is 11.9 Å². The Labute approximate surface area is 78.1 Å². The number of benzene rings is 1. The van der Waals surface area contributed by atoms with Crippen molar-refractivity contribution in [3.63, 3.8) is 0 Å². The maximum Gasteiger partial charge on any atom is 0.343 e. The van der Waals surface area contributed by atoms with Crippen molar-refractivity contribution in [1.29, 1.82) is 0 Å². The second kappa shape index (κ2) is 2.23. The minimum Gasteiger partial charge on any atom is -0.430 e. The summed E-state index contributed by atoms with van der Waals surface area (Å²) in [5.74, 6) is -0.786. The molecule has 3 rings (SSSR count). The van der Waals surface area contributed by atoms with Crippen LogP contribution in [0, 0.1) is 0 Å². The van der Waals surface area contributed by atoms with Crippen LogP contribution in [0.5, 0.6) is 0 Å². The zero-order valence-corrected chi connectivity index (χ0v) is 6.94. The lowest BCUT2D eigenvalue weighted by molar-refractivity contribution is 0.0711. The molecule has 14 heavy (non-hydrogen) atoms. The molecular weight excluding hydrogens is 184 g/mol. The number of hydrogen-bond donors (Lipinski definition) is 0. The summed E-state index contributed by atoms with van der Waals surface area (Å²) < 4.78 is 9.41. The number of rotatable bonds is 0. The summed E-state index contributed by atoms with van der Waals surface area (Å²) in [7, 11) is 0. The van der Waals surface area contributed by atoms with Gasteiger partial charge in [0.05, 0.1) is 11.1 Å². The largest absolute Gasteiger partial charge is 0.430 e. The van der Waals surface area contributed by atoms with Gasteiger partial charge < -0.3 is 9.47 Å². The van der Waals surface area contributed by atoms with Crippen LogP contribution in [0.3, 0.4) is 0 Å². The Morgan fingerprint density at radius 3 is 1.64 bits per heavy atom. The third kappa shape index (κ3) is 0.771. The average Bonchev–Trinajstić information content (AvgIpc) is 2.71. The van der Waals surface area contributed by atoms with Gasteiger partial charge in [-0.2, -0.15) is 0 Å². The Hall–Kier alpha value is -2.10. The summed E-state index contributed by atoms with van der Waals surface area (Å²) in [5, 5.41) is 1.25. The van der Waals surface area contributed by atoms with E-state index in [1.54, 1.807) is 12.1 Å². The summed E-state index contributed by atoms with van der Waals surface area (Å²) in [6.07, 6.45) is 2.67. The van der Waals surface area contributed by atoms with Crippen LogP contribution >= 0.6 is 0 Å². The van der Waals surface area contributed by atoms with Crippen LogP contribution < -0.4 is 10.4 Å². The van der Waals surface area contributed by atoms with Crippen molar-refractivity contribution in [3.05, 3.63) is 33.7 Å². The monoisotopic (exact) mass is 188 g/mol. The molecule has 2 heterocycles. The molecule has 0 bridgehead atoms. The van der Waals surface area contributed by atoms with Crippen LogP contribution in [0.15, 0.2) is 12.1 Å². The van der Waals surface area contributed by atoms with E-state index in [0.717, 1.165) is 0 Å². The topological polar surface area (TPSA) is 52.6 Å². The van der Waals surface area contributed by atoms with E-state index in [0.29, 0.717) is 21.6 Å². The number of carbonyl (C=O) groups excluding carboxylic acids is 2. The molecule has 0 N–H and O–H groups in total. The fraction of sp³-hybridized carbons (Fsp3) is 0. The molecule has 0 spiro atoms. The molecule has 0 aliphatic carbocycles. The number of ether oxygens (including phenoxy) is 2. The van der Waals surface area contributed by atoms with E-state index in [1.807, 2.05) is 0 Å². The SMILES string of the molecule is O=C1OC=c2cc3c(cc21)=COC3=O. The van der Waals surface area contributed by atoms with Gasteiger partial charge in [-0.25, -0.2) is 9.59 Å². The lowest BCUT2D eigenvalue weighted by atomic mass is 10.1. The van der Waals surface area contributed by atoms with Crippen molar-refractivity contribution >= 4 is 24.5 Å². The summed E-state index contributed by atoms with van der Waals surface area (Å²) in [6, 6.07) is 3.20. The Morgan fingerprint density at radius 1 is 0.786 bits per heavy atom. The standard InChI is InChI=1S/C10H4O4/c11-9-7-1-5-3-13-10(12)8(5)2-6(7)4-14-9/h1-4H. The van der Waals surface area contributed by atoms with Crippen LogP contribution in [-0.2, 0) is 9.47 Å².